The van der Waals surface area contributed by atoms with Crippen molar-refractivity contribution in [2.24, 2.45) is 11.8 Å². The molecule has 2 heterocycles. The van der Waals surface area contributed by atoms with Gasteiger partial charge in [-0.1, -0.05) is 6.92 Å². The molecule has 2 aliphatic heterocycles. The lowest BCUT2D eigenvalue weighted by atomic mass is 9.65. The van der Waals surface area contributed by atoms with Gasteiger partial charge in [0.25, 0.3) is 0 Å². The fourth-order valence-corrected chi connectivity index (χ4v) is 4.00. The largest absolute Gasteiger partial charge is 0.462 e. The molecule has 2 aliphatic carbocycles. The summed E-state index contributed by atoms with van der Waals surface area (Å²) in [7, 11) is 0. The number of hydrogen-bond acceptors (Lipinski definition) is 4. The molecule has 0 spiro atoms. The second kappa shape index (κ2) is 4.25. The van der Waals surface area contributed by atoms with Crippen molar-refractivity contribution in [2.75, 3.05) is 0 Å². The molecule has 2 saturated carbocycles. The number of rotatable bonds is 3. The maximum atomic E-state index is 11.9. The molecule has 18 heavy (non-hydrogen) atoms. The SMILES string of the molecule is CCCC(=O)OC12CC3CC(C1)OC(=O)C(C3)C2. The highest BCUT2D eigenvalue weighted by atomic mass is 16.6. The van der Waals surface area contributed by atoms with Crippen molar-refractivity contribution < 1.29 is 19.1 Å². The van der Waals surface area contributed by atoms with E-state index in [0.717, 1.165) is 25.7 Å². The predicted octanol–water partition coefficient (Wildman–Crippen LogP) is 2.20. The number of hydrogen-bond donors (Lipinski definition) is 0. The molecule has 100 valence electrons. The van der Waals surface area contributed by atoms with Crippen LogP contribution in [0.15, 0.2) is 0 Å². The standard InChI is InChI=1S/C14H20O4/c1-2-3-12(15)18-14-6-9-4-10(7-14)13(16)17-11(5-9)8-14/h9-11H,2-8H2,1H3. The third-order valence-corrected chi connectivity index (χ3v) is 4.49. The zero-order valence-electron chi connectivity index (χ0n) is 10.8. The number of ether oxygens (including phenoxy) is 2. The van der Waals surface area contributed by atoms with E-state index in [1.54, 1.807) is 0 Å². The average molecular weight is 252 g/mol. The molecular formula is C14H20O4. The average Bonchev–Trinajstić information content (AvgIpc) is 2.41. The first-order valence-corrected chi connectivity index (χ1v) is 7.02. The Labute approximate surface area is 107 Å². The van der Waals surface area contributed by atoms with Gasteiger partial charge in [0, 0.05) is 19.3 Å². The fourth-order valence-electron chi connectivity index (χ4n) is 4.00. The minimum absolute atomic E-state index is 0.0295. The molecule has 4 nitrogen and oxygen atoms in total. The van der Waals surface area contributed by atoms with Crippen LogP contribution in [0.1, 0.15) is 51.9 Å². The normalized spacial score (nSPS) is 41.4. The highest BCUT2D eigenvalue weighted by Crippen LogP contribution is 2.51. The smallest absolute Gasteiger partial charge is 0.309 e. The van der Waals surface area contributed by atoms with Crippen LogP contribution in [-0.2, 0) is 19.1 Å². The number of esters is 2. The minimum Gasteiger partial charge on any atom is -0.462 e. The van der Waals surface area contributed by atoms with Crippen LogP contribution in [0.2, 0.25) is 0 Å². The van der Waals surface area contributed by atoms with E-state index < -0.39 is 5.60 Å². The summed E-state index contributed by atoms with van der Waals surface area (Å²) in [5.41, 5.74) is -0.408. The van der Waals surface area contributed by atoms with Gasteiger partial charge in [-0.25, -0.2) is 0 Å². The van der Waals surface area contributed by atoms with E-state index in [9.17, 15) is 9.59 Å². The Morgan fingerprint density at radius 2 is 2.22 bits per heavy atom. The first kappa shape index (κ1) is 12.0. The predicted molar refractivity (Wildman–Crippen MR) is 63.7 cm³/mol. The molecule has 0 aromatic heterocycles. The van der Waals surface area contributed by atoms with Crippen molar-refractivity contribution in [2.45, 2.75) is 63.6 Å². The molecule has 4 rings (SSSR count). The van der Waals surface area contributed by atoms with Gasteiger partial charge in [-0.15, -0.1) is 0 Å². The molecule has 4 atom stereocenters. The summed E-state index contributed by atoms with van der Waals surface area (Å²) in [5, 5.41) is 0. The molecule has 4 aliphatic rings. The molecule has 0 radical (unpaired) electrons. The lowest BCUT2D eigenvalue weighted by Crippen LogP contribution is -2.48. The Hall–Kier alpha value is -1.06. The van der Waals surface area contributed by atoms with Crippen molar-refractivity contribution in [3.05, 3.63) is 0 Å². The molecular weight excluding hydrogens is 232 g/mol. The number of fused-ring (bicyclic) bond motifs is 1. The summed E-state index contributed by atoms with van der Waals surface area (Å²) in [5.74, 6) is 0.247. The van der Waals surface area contributed by atoms with E-state index in [0.29, 0.717) is 25.2 Å². The van der Waals surface area contributed by atoms with Crippen molar-refractivity contribution in [1.29, 1.82) is 0 Å². The van der Waals surface area contributed by atoms with Crippen LogP contribution >= 0.6 is 0 Å². The monoisotopic (exact) mass is 252 g/mol. The van der Waals surface area contributed by atoms with Crippen LogP contribution in [0.4, 0.5) is 0 Å². The van der Waals surface area contributed by atoms with E-state index in [2.05, 4.69) is 0 Å². The lowest BCUT2D eigenvalue weighted by Gasteiger charge is -2.45. The molecule has 4 heteroatoms. The topological polar surface area (TPSA) is 52.6 Å². The Kier molecular flexibility index (Phi) is 2.83. The molecule has 4 bridgehead atoms. The molecule has 0 aromatic rings. The molecule has 4 fully saturated rings. The summed E-state index contributed by atoms with van der Waals surface area (Å²) < 4.78 is 11.2. The molecule has 4 unspecified atom stereocenters. The van der Waals surface area contributed by atoms with Crippen molar-refractivity contribution in [1.82, 2.24) is 0 Å². The molecule has 0 N–H and O–H groups in total. The maximum absolute atomic E-state index is 11.9. The Bertz CT molecular complexity index is 378. The van der Waals surface area contributed by atoms with Crippen molar-refractivity contribution in [3.8, 4) is 0 Å². The molecule has 0 amide bonds. The summed E-state index contributed by atoms with van der Waals surface area (Å²) in [6.45, 7) is 1.97. The summed E-state index contributed by atoms with van der Waals surface area (Å²) in [6, 6.07) is 0. The first-order valence-electron chi connectivity index (χ1n) is 7.02. The van der Waals surface area contributed by atoms with Crippen molar-refractivity contribution in [3.63, 3.8) is 0 Å². The van der Waals surface area contributed by atoms with E-state index in [4.69, 9.17) is 9.47 Å². The number of carbonyl (C=O) groups excluding carboxylic acids is 2. The van der Waals surface area contributed by atoms with E-state index in [1.165, 1.54) is 0 Å². The van der Waals surface area contributed by atoms with Crippen molar-refractivity contribution >= 4 is 11.9 Å². The third-order valence-electron chi connectivity index (χ3n) is 4.49. The summed E-state index contributed by atoms with van der Waals surface area (Å²) in [6.07, 6.45) is 5.43. The Morgan fingerprint density at radius 1 is 1.39 bits per heavy atom. The minimum atomic E-state index is -0.408. The summed E-state index contributed by atoms with van der Waals surface area (Å²) in [4.78, 5) is 23.6. The van der Waals surface area contributed by atoms with Gasteiger partial charge in [0.15, 0.2) is 0 Å². The first-order chi connectivity index (χ1) is 8.60. The highest BCUT2D eigenvalue weighted by Gasteiger charge is 2.54. The van der Waals surface area contributed by atoms with Crippen LogP contribution in [0.3, 0.4) is 0 Å². The molecule has 0 aromatic carbocycles. The number of carbonyl (C=O) groups is 2. The van der Waals surface area contributed by atoms with Gasteiger partial charge >= 0.3 is 11.9 Å². The quantitative estimate of drug-likeness (QED) is 0.723. The van der Waals surface area contributed by atoms with Gasteiger partial charge in [0.1, 0.15) is 11.7 Å². The third kappa shape index (κ3) is 2.02. The second-order valence-electron chi connectivity index (χ2n) is 6.11. The van der Waals surface area contributed by atoms with E-state index in [1.807, 2.05) is 6.92 Å². The van der Waals surface area contributed by atoms with E-state index >= 15 is 0 Å². The Balaban J connectivity index is 1.80. The zero-order valence-corrected chi connectivity index (χ0v) is 10.8. The van der Waals surface area contributed by atoms with Crippen LogP contribution in [0.25, 0.3) is 0 Å². The maximum Gasteiger partial charge on any atom is 0.309 e. The second-order valence-corrected chi connectivity index (χ2v) is 6.11. The zero-order chi connectivity index (χ0) is 12.8. The van der Waals surface area contributed by atoms with Crippen LogP contribution < -0.4 is 0 Å². The van der Waals surface area contributed by atoms with Gasteiger partial charge in [0.05, 0.1) is 5.92 Å². The van der Waals surface area contributed by atoms with Crippen LogP contribution in [-0.4, -0.2) is 23.6 Å². The van der Waals surface area contributed by atoms with E-state index in [-0.39, 0.29) is 24.0 Å². The summed E-state index contributed by atoms with van der Waals surface area (Å²) >= 11 is 0. The van der Waals surface area contributed by atoms with Gasteiger partial charge in [0.2, 0.25) is 0 Å². The Morgan fingerprint density at radius 3 is 3.00 bits per heavy atom. The van der Waals surface area contributed by atoms with Gasteiger partial charge in [-0.05, 0) is 31.6 Å². The fraction of sp³-hybridized carbons (Fsp3) is 0.857. The lowest BCUT2D eigenvalue weighted by molar-refractivity contribution is -0.173. The van der Waals surface area contributed by atoms with Crippen LogP contribution in [0.5, 0.6) is 0 Å². The van der Waals surface area contributed by atoms with Gasteiger partial charge < -0.3 is 9.47 Å². The molecule has 2 saturated heterocycles. The van der Waals surface area contributed by atoms with Gasteiger partial charge in [-0.3, -0.25) is 9.59 Å². The van der Waals surface area contributed by atoms with Crippen LogP contribution in [0, 0.1) is 11.8 Å². The van der Waals surface area contributed by atoms with Gasteiger partial charge in [-0.2, -0.15) is 0 Å². The highest BCUT2D eigenvalue weighted by molar-refractivity contribution is 5.74.